The largest absolute Gasteiger partial charge is 0.497 e. The van der Waals surface area contributed by atoms with Gasteiger partial charge in [-0.25, -0.2) is 4.98 Å². The van der Waals surface area contributed by atoms with Gasteiger partial charge >= 0.3 is 0 Å². The number of nitrogens with zero attached hydrogens (tertiary/aromatic N) is 2. The van der Waals surface area contributed by atoms with Crippen LogP contribution in [0.15, 0.2) is 29.6 Å². The molecule has 1 aliphatic heterocycles. The average Bonchev–Trinajstić information content (AvgIpc) is 3.10. The molecule has 0 unspecified atom stereocenters. The van der Waals surface area contributed by atoms with E-state index in [4.69, 9.17) is 9.47 Å². The van der Waals surface area contributed by atoms with Crippen molar-refractivity contribution in [2.24, 2.45) is 0 Å². The van der Waals surface area contributed by atoms with Gasteiger partial charge in [0.25, 0.3) is 0 Å². The third-order valence-corrected chi connectivity index (χ3v) is 4.85. The summed E-state index contributed by atoms with van der Waals surface area (Å²) in [5.41, 5.74) is 1.84. The van der Waals surface area contributed by atoms with Gasteiger partial charge in [-0.15, -0.1) is 11.3 Å². The van der Waals surface area contributed by atoms with Crippen LogP contribution in [0, 0.1) is 0 Å². The van der Waals surface area contributed by atoms with E-state index >= 15 is 0 Å². The van der Waals surface area contributed by atoms with E-state index in [0.29, 0.717) is 18.3 Å². The second-order valence-electron chi connectivity index (χ2n) is 5.58. The van der Waals surface area contributed by atoms with Gasteiger partial charge in [0.15, 0.2) is 5.13 Å². The Balaban J connectivity index is 1.63. The fraction of sp³-hybridized carbons (Fsp3) is 0.412. The minimum Gasteiger partial charge on any atom is -0.497 e. The lowest BCUT2D eigenvalue weighted by Crippen LogP contribution is -2.47. The van der Waals surface area contributed by atoms with Gasteiger partial charge in [-0.3, -0.25) is 9.69 Å². The lowest BCUT2D eigenvalue weighted by molar-refractivity contribution is -0.122. The Kier molecular flexibility index (Phi) is 5.44. The van der Waals surface area contributed by atoms with Crippen LogP contribution in [0.5, 0.6) is 5.75 Å². The third-order valence-electron chi connectivity index (χ3n) is 4.09. The Bertz CT molecular complexity index is 681. The van der Waals surface area contributed by atoms with Gasteiger partial charge in [0.05, 0.1) is 32.1 Å². The van der Waals surface area contributed by atoms with Gasteiger partial charge < -0.3 is 14.8 Å². The minimum absolute atomic E-state index is 0.0347. The van der Waals surface area contributed by atoms with Gasteiger partial charge in [-0.1, -0.05) is 0 Å². The Labute approximate surface area is 145 Å². The molecule has 1 saturated heterocycles. The number of ether oxygens (including phenoxy) is 2. The van der Waals surface area contributed by atoms with E-state index in [-0.39, 0.29) is 11.9 Å². The summed E-state index contributed by atoms with van der Waals surface area (Å²) in [6.45, 7) is 4.83. The van der Waals surface area contributed by atoms with Crippen molar-refractivity contribution in [1.29, 1.82) is 0 Å². The summed E-state index contributed by atoms with van der Waals surface area (Å²) < 4.78 is 10.5. The monoisotopic (exact) mass is 347 g/mol. The van der Waals surface area contributed by atoms with Crippen molar-refractivity contribution >= 4 is 22.4 Å². The molecule has 1 aromatic heterocycles. The lowest BCUT2D eigenvalue weighted by atomic mass is 10.2. The molecule has 6 nitrogen and oxygen atoms in total. The van der Waals surface area contributed by atoms with E-state index in [1.54, 1.807) is 7.11 Å². The Morgan fingerprint density at radius 2 is 2.04 bits per heavy atom. The quantitative estimate of drug-likeness (QED) is 0.900. The molecule has 2 heterocycles. The topological polar surface area (TPSA) is 63.7 Å². The Hall–Kier alpha value is -1.96. The second-order valence-corrected chi connectivity index (χ2v) is 6.44. The zero-order valence-electron chi connectivity index (χ0n) is 13.8. The van der Waals surface area contributed by atoms with Crippen LogP contribution in [0.4, 0.5) is 5.13 Å². The van der Waals surface area contributed by atoms with Crippen LogP contribution in [0.1, 0.15) is 6.92 Å². The fourth-order valence-corrected chi connectivity index (χ4v) is 3.29. The number of anilines is 1. The van der Waals surface area contributed by atoms with Gasteiger partial charge in [-0.2, -0.15) is 0 Å². The summed E-state index contributed by atoms with van der Waals surface area (Å²) in [4.78, 5) is 19.0. The van der Waals surface area contributed by atoms with E-state index in [2.05, 4.69) is 15.2 Å². The molecule has 1 atom stereocenters. The van der Waals surface area contributed by atoms with Crippen molar-refractivity contribution in [3.63, 3.8) is 0 Å². The SMILES string of the molecule is COc1ccc(-c2csc(NC(=O)[C@H](C)N3CCOCC3)n2)cc1. The van der Waals surface area contributed by atoms with Crippen molar-refractivity contribution in [3.05, 3.63) is 29.6 Å². The van der Waals surface area contributed by atoms with E-state index < -0.39 is 0 Å². The van der Waals surface area contributed by atoms with Crippen molar-refractivity contribution in [3.8, 4) is 17.0 Å². The van der Waals surface area contributed by atoms with Gasteiger partial charge in [0, 0.05) is 24.0 Å². The number of benzene rings is 1. The summed E-state index contributed by atoms with van der Waals surface area (Å²) in [6.07, 6.45) is 0. The number of rotatable bonds is 5. The molecule has 1 amide bonds. The zero-order chi connectivity index (χ0) is 16.9. The highest BCUT2D eigenvalue weighted by molar-refractivity contribution is 7.14. The normalized spacial score (nSPS) is 16.6. The Morgan fingerprint density at radius 3 is 2.71 bits per heavy atom. The zero-order valence-corrected chi connectivity index (χ0v) is 14.6. The molecule has 7 heteroatoms. The first kappa shape index (κ1) is 16.9. The maximum absolute atomic E-state index is 12.4. The standard InChI is InChI=1S/C17H21N3O3S/c1-12(20-7-9-23-10-8-20)16(21)19-17-18-15(11-24-17)13-3-5-14(22-2)6-4-13/h3-6,11-12H,7-10H2,1-2H3,(H,18,19,21)/t12-/m0/s1. The van der Waals surface area contributed by atoms with Crippen LogP contribution in [-0.2, 0) is 9.53 Å². The maximum atomic E-state index is 12.4. The molecule has 0 bridgehead atoms. The molecule has 1 aliphatic rings. The number of nitrogens with one attached hydrogen (secondary N) is 1. The van der Waals surface area contributed by atoms with E-state index in [1.807, 2.05) is 36.6 Å². The van der Waals surface area contributed by atoms with Crippen molar-refractivity contribution < 1.29 is 14.3 Å². The highest BCUT2D eigenvalue weighted by Gasteiger charge is 2.23. The van der Waals surface area contributed by atoms with Crippen LogP contribution in [0.2, 0.25) is 0 Å². The predicted octanol–water partition coefficient (Wildman–Crippen LogP) is 2.48. The summed E-state index contributed by atoms with van der Waals surface area (Å²) in [7, 11) is 1.64. The number of methoxy groups -OCH3 is 1. The molecule has 1 fully saturated rings. The van der Waals surface area contributed by atoms with Crippen LogP contribution >= 0.6 is 11.3 Å². The molecule has 2 aromatic rings. The first-order valence-corrected chi connectivity index (χ1v) is 8.78. The number of thiazole rings is 1. The molecule has 0 radical (unpaired) electrons. The number of carbonyl (C=O) groups excluding carboxylic acids is 1. The predicted molar refractivity (Wildman–Crippen MR) is 94.6 cm³/mol. The number of carbonyl (C=O) groups is 1. The molecule has 24 heavy (non-hydrogen) atoms. The summed E-state index contributed by atoms with van der Waals surface area (Å²) in [5, 5.41) is 5.47. The number of hydrogen-bond donors (Lipinski definition) is 1. The average molecular weight is 347 g/mol. The maximum Gasteiger partial charge on any atom is 0.243 e. The van der Waals surface area contributed by atoms with Crippen LogP contribution in [0.25, 0.3) is 11.3 Å². The molecule has 128 valence electrons. The Morgan fingerprint density at radius 1 is 1.33 bits per heavy atom. The lowest BCUT2D eigenvalue weighted by Gasteiger charge is -2.31. The minimum atomic E-state index is -0.192. The van der Waals surface area contributed by atoms with Crippen LogP contribution < -0.4 is 10.1 Å². The summed E-state index contributed by atoms with van der Waals surface area (Å²) in [5.74, 6) is 0.773. The van der Waals surface area contributed by atoms with Gasteiger partial charge in [-0.05, 0) is 31.2 Å². The summed E-state index contributed by atoms with van der Waals surface area (Å²) >= 11 is 1.43. The molecule has 0 spiro atoms. The number of morpholine rings is 1. The molecular formula is C17H21N3O3S. The highest BCUT2D eigenvalue weighted by atomic mass is 32.1. The van der Waals surface area contributed by atoms with Crippen LogP contribution in [-0.4, -0.2) is 55.2 Å². The fourth-order valence-electron chi connectivity index (χ4n) is 2.57. The number of hydrogen-bond acceptors (Lipinski definition) is 6. The molecule has 1 N–H and O–H groups in total. The second kappa shape index (κ2) is 7.74. The molecule has 3 rings (SSSR count). The molecule has 0 saturated carbocycles. The number of aromatic nitrogens is 1. The first-order chi connectivity index (χ1) is 11.7. The first-order valence-electron chi connectivity index (χ1n) is 7.90. The van der Waals surface area contributed by atoms with E-state index in [0.717, 1.165) is 30.1 Å². The highest BCUT2D eigenvalue weighted by Crippen LogP contribution is 2.26. The third kappa shape index (κ3) is 3.92. The van der Waals surface area contributed by atoms with Crippen molar-refractivity contribution in [1.82, 2.24) is 9.88 Å². The van der Waals surface area contributed by atoms with E-state index in [9.17, 15) is 4.79 Å². The van der Waals surface area contributed by atoms with Crippen molar-refractivity contribution in [2.45, 2.75) is 13.0 Å². The summed E-state index contributed by atoms with van der Waals surface area (Å²) in [6, 6.07) is 7.51. The van der Waals surface area contributed by atoms with Gasteiger partial charge in [0.1, 0.15) is 5.75 Å². The van der Waals surface area contributed by atoms with E-state index in [1.165, 1.54) is 11.3 Å². The number of amides is 1. The smallest absolute Gasteiger partial charge is 0.243 e. The van der Waals surface area contributed by atoms with Crippen LogP contribution in [0.3, 0.4) is 0 Å². The molecule has 0 aliphatic carbocycles. The van der Waals surface area contributed by atoms with Gasteiger partial charge in [0.2, 0.25) is 5.91 Å². The van der Waals surface area contributed by atoms with Crippen molar-refractivity contribution in [2.75, 3.05) is 38.7 Å². The molecular weight excluding hydrogens is 326 g/mol. The molecule has 1 aromatic carbocycles.